The Labute approximate surface area is 85.6 Å². The van der Waals surface area contributed by atoms with Crippen molar-refractivity contribution < 1.29 is 14.6 Å². The van der Waals surface area contributed by atoms with Crippen LogP contribution in [0, 0.1) is 0 Å². The molecule has 1 aliphatic carbocycles. The molecule has 3 nitrogen and oxygen atoms in total. The summed E-state index contributed by atoms with van der Waals surface area (Å²) in [5.41, 5.74) is 0. The molecule has 0 amide bonds. The predicted molar refractivity (Wildman–Crippen MR) is 49.2 cm³/mol. The van der Waals surface area contributed by atoms with E-state index in [0.29, 0.717) is 5.03 Å². The Hall–Kier alpha value is -0.510. The first-order chi connectivity index (χ1) is 5.93. The van der Waals surface area contributed by atoms with Crippen molar-refractivity contribution in [1.82, 2.24) is 0 Å². The quantitative estimate of drug-likeness (QED) is 0.545. The molecule has 0 spiro atoms. The first kappa shape index (κ1) is 10.6. The third-order valence-corrected chi connectivity index (χ3v) is 2.27. The van der Waals surface area contributed by atoms with Gasteiger partial charge in [0.15, 0.2) is 0 Å². The molecule has 1 aliphatic rings. The highest BCUT2D eigenvalue weighted by atomic mass is 35.5. The molecule has 0 aromatic heterocycles. The molecule has 0 fully saturated rings. The van der Waals surface area contributed by atoms with Crippen LogP contribution in [-0.2, 0) is 9.53 Å². The zero-order valence-electron chi connectivity index (χ0n) is 6.88. The molecule has 0 bridgehead atoms. The van der Waals surface area contributed by atoms with Gasteiger partial charge < -0.3 is 9.84 Å². The maximum Gasteiger partial charge on any atom is 0.305 e. The van der Waals surface area contributed by atoms with Crippen LogP contribution in [0.15, 0.2) is 22.2 Å². The van der Waals surface area contributed by atoms with Crippen LogP contribution in [0.4, 0.5) is 0 Å². The Bertz CT molecular complexity index is 296. The van der Waals surface area contributed by atoms with Gasteiger partial charge in [-0.15, -0.1) is 0 Å². The number of carbonyl (C=O) groups is 1. The number of rotatable bonds is 1. The lowest BCUT2D eigenvalue weighted by Gasteiger charge is -2.26. The normalized spacial score (nSPS) is 27.7. The van der Waals surface area contributed by atoms with Crippen molar-refractivity contribution in [3.05, 3.63) is 22.2 Å². The molecular weight excluding hydrogens is 215 g/mol. The summed E-state index contributed by atoms with van der Waals surface area (Å²) < 4.78 is 4.65. The molecule has 1 atom stereocenters. The second-order valence-electron chi connectivity index (χ2n) is 2.70. The average molecular weight is 223 g/mol. The fourth-order valence-electron chi connectivity index (χ4n) is 0.979. The lowest BCUT2D eigenvalue weighted by molar-refractivity contribution is -0.187. The highest BCUT2D eigenvalue weighted by molar-refractivity contribution is 6.40. The molecule has 0 aliphatic heterocycles. The standard InChI is InChI=1S/C8H8Cl2O3/c1-5(11)13-8(12)3-2-6(9)7(10)4-8/h2-3,12H,4H2,1H3. The van der Waals surface area contributed by atoms with Crippen molar-refractivity contribution in [3.63, 3.8) is 0 Å². The molecule has 1 unspecified atom stereocenters. The van der Waals surface area contributed by atoms with Crippen LogP contribution in [0.1, 0.15) is 13.3 Å². The molecule has 72 valence electrons. The summed E-state index contributed by atoms with van der Waals surface area (Å²) in [5.74, 6) is -2.23. The van der Waals surface area contributed by atoms with Crippen molar-refractivity contribution in [2.24, 2.45) is 0 Å². The van der Waals surface area contributed by atoms with Crippen LogP contribution in [0.3, 0.4) is 0 Å². The van der Waals surface area contributed by atoms with E-state index in [4.69, 9.17) is 23.2 Å². The predicted octanol–water partition coefficient (Wildman–Crippen LogP) is 1.89. The lowest BCUT2D eigenvalue weighted by atomic mass is 10.1. The van der Waals surface area contributed by atoms with E-state index in [1.807, 2.05) is 0 Å². The van der Waals surface area contributed by atoms with Crippen LogP contribution in [0.2, 0.25) is 0 Å². The number of allylic oxidation sites excluding steroid dienone is 2. The molecule has 13 heavy (non-hydrogen) atoms. The minimum absolute atomic E-state index is 0.0104. The van der Waals surface area contributed by atoms with Gasteiger partial charge in [-0.3, -0.25) is 4.79 Å². The fourth-order valence-corrected chi connectivity index (χ4v) is 1.36. The second-order valence-corrected chi connectivity index (χ2v) is 3.56. The van der Waals surface area contributed by atoms with Crippen LogP contribution in [0.25, 0.3) is 0 Å². The Balaban J connectivity index is 2.78. The number of aliphatic hydroxyl groups is 1. The van der Waals surface area contributed by atoms with Gasteiger partial charge in [0.05, 0.1) is 11.5 Å². The molecule has 1 N–H and O–H groups in total. The summed E-state index contributed by atoms with van der Waals surface area (Å²) in [6, 6.07) is 0. The minimum Gasteiger partial charge on any atom is -0.429 e. The van der Waals surface area contributed by atoms with Gasteiger partial charge in [0.25, 0.3) is 0 Å². The lowest BCUT2D eigenvalue weighted by Crippen LogP contribution is -2.33. The summed E-state index contributed by atoms with van der Waals surface area (Å²) >= 11 is 11.3. The van der Waals surface area contributed by atoms with Crippen molar-refractivity contribution in [2.75, 3.05) is 0 Å². The first-order valence-corrected chi connectivity index (χ1v) is 4.34. The van der Waals surface area contributed by atoms with Gasteiger partial charge in [0.1, 0.15) is 0 Å². The minimum atomic E-state index is -1.65. The molecule has 0 saturated heterocycles. The van der Waals surface area contributed by atoms with E-state index < -0.39 is 11.8 Å². The topological polar surface area (TPSA) is 46.5 Å². The van der Waals surface area contributed by atoms with Crippen molar-refractivity contribution in [1.29, 1.82) is 0 Å². The summed E-state index contributed by atoms with van der Waals surface area (Å²) in [7, 11) is 0. The third kappa shape index (κ3) is 2.72. The number of hydrogen-bond donors (Lipinski definition) is 1. The van der Waals surface area contributed by atoms with Crippen LogP contribution >= 0.6 is 23.2 Å². The molecule has 0 aromatic carbocycles. The van der Waals surface area contributed by atoms with Gasteiger partial charge in [0, 0.05) is 12.0 Å². The summed E-state index contributed by atoms with van der Waals surface area (Å²) in [6.45, 7) is 1.21. The number of carbonyl (C=O) groups excluding carboxylic acids is 1. The zero-order valence-corrected chi connectivity index (χ0v) is 8.39. The molecule has 5 heteroatoms. The van der Waals surface area contributed by atoms with Crippen molar-refractivity contribution >= 4 is 29.2 Å². The molecule has 0 heterocycles. The van der Waals surface area contributed by atoms with Crippen LogP contribution in [-0.4, -0.2) is 16.9 Å². The molecular formula is C8H8Cl2O3. The van der Waals surface area contributed by atoms with Gasteiger partial charge in [0.2, 0.25) is 5.79 Å². The molecule has 1 rings (SSSR count). The van der Waals surface area contributed by atoms with E-state index in [1.54, 1.807) is 0 Å². The highest BCUT2D eigenvalue weighted by Gasteiger charge is 2.31. The number of hydrogen-bond acceptors (Lipinski definition) is 3. The van der Waals surface area contributed by atoms with Crippen LogP contribution in [0.5, 0.6) is 0 Å². The van der Waals surface area contributed by atoms with Crippen LogP contribution < -0.4 is 0 Å². The molecule has 0 saturated carbocycles. The fraction of sp³-hybridized carbons (Fsp3) is 0.375. The zero-order chi connectivity index (χ0) is 10.1. The van der Waals surface area contributed by atoms with E-state index in [9.17, 15) is 9.90 Å². The number of halogens is 2. The van der Waals surface area contributed by atoms with Gasteiger partial charge in [-0.05, 0) is 12.2 Å². The first-order valence-electron chi connectivity index (χ1n) is 3.58. The van der Waals surface area contributed by atoms with E-state index in [1.165, 1.54) is 19.1 Å². The smallest absolute Gasteiger partial charge is 0.305 e. The van der Waals surface area contributed by atoms with E-state index in [-0.39, 0.29) is 11.5 Å². The Morgan fingerprint density at radius 1 is 1.69 bits per heavy atom. The van der Waals surface area contributed by atoms with E-state index in [2.05, 4.69) is 4.74 Å². The third-order valence-electron chi connectivity index (χ3n) is 1.48. The number of ether oxygens (including phenoxy) is 1. The molecule has 0 radical (unpaired) electrons. The average Bonchev–Trinajstić information content (AvgIpc) is 1.96. The molecule has 0 aromatic rings. The van der Waals surface area contributed by atoms with Crippen molar-refractivity contribution in [2.45, 2.75) is 19.1 Å². The van der Waals surface area contributed by atoms with E-state index >= 15 is 0 Å². The van der Waals surface area contributed by atoms with Gasteiger partial charge in [-0.2, -0.15) is 0 Å². The Morgan fingerprint density at radius 2 is 2.31 bits per heavy atom. The van der Waals surface area contributed by atoms with Gasteiger partial charge >= 0.3 is 5.97 Å². The van der Waals surface area contributed by atoms with Gasteiger partial charge in [-0.1, -0.05) is 23.2 Å². The summed E-state index contributed by atoms with van der Waals surface area (Å²) in [4.78, 5) is 10.6. The maximum absolute atomic E-state index is 10.6. The summed E-state index contributed by atoms with van der Waals surface area (Å²) in [6.07, 6.45) is 2.68. The second kappa shape index (κ2) is 3.70. The Kier molecular flexibility index (Phi) is 3.01. The van der Waals surface area contributed by atoms with Crippen molar-refractivity contribution in [3.8, 4) is 0 Å². The highest BCUT2D eigenvalue weighted by Crippen LogP contribution is 2.32. The monoisotopic (exact) mass is 222 g/mol. The maximum atomic E-state index is 10.6. The van der Waals surface area contributed by atoms with Gasteiger partial charge in [-0.25, -0.2) is 0 Å². The largest absolute Gasteiger partial charge is 0.429 e. The number of esters is 1. The van der Waals surface area contributed by atoms with E-state index in [0.717, 1.165) is 0 Å². The Morgan fingerprint density at radius 3 is 2.77 bits per heavy atom. The summed E-state index contributed by atoms with van der Waals surface area (Å²) in [5, 5.41) is 10.2. The SMILES string of the molecule is CC(=O)OC1(O)C=CC(Cl)=C(Cl)C1.